The SMILES string of the molecule is CCN1CCN(C(=O)c2nc(-c3ccccc3)cs2)C(C)(C)C1=O. The zero-order chi connectivity index (χ0) is 17.3. The van der Waals surface area contributed by atoms with Crippen LogP contribution in [-0.2, 0) is 4.79 Å². The fraction of sp³-hybridized carbons (Fsp3) is 0.389. The van der Waals surface area contributed by atoms with Crippen LogP contribution in [0, 0.1) is 0 Å². The Morgan fingerprint density at radius 1 is 1.25 bits per heavy atom. The Balaban J connectivity index is 1.85. The lowest BCUT2D eigenvalue weighted by molar-refractivity contribution is -0.146. The third-order valence-corrected chi connectivity index (χ3v) is 5.29. The maximum atomic E-state index is 12.9. The standard InChI is InChI=1S/C18H21N3O2S/c1-4-20-10-11-21(18(2,3)17(20)23)16(22)15-19-14(12-24-15)13-8-6-5-7-9-13/h5-9,12H,4,10-11H2,1-3H3. The van der Waals surface area contributed by atoms with Crippen LogP contribution in [0.25, 0.3) is 11.3 Å². The van der Waals surface area contributed by atoms with Gasteiger partial charge in [0.05, 0.1) is 5.69 Å². The molecule has 1 fully saturated rings. The van der Waals surface area contributed by atoms with Gasteiger partial charge in [0.2, 0.25) is 5.91 Å². The van der Waals surface area contributed by atoms with Crippen molar-refractivity contribution in [2.75, 3.05) is 19.6 Å². The van der Waals surface area contributed by atoms with Gasteiger partial charge in [-0.2, -0.15) is 0 Å². The number of carbonyl (C=O) groups excluding carboxylic acids is 2. The average Bonchev–Trinajstić information content (AvgIpc) is 3.07. The predicted molar refractivity (Wildman–Crippen MR) is 94.9 cm³/mol. The summed E-state index contributed by atoms with van der Waals surface area (Å²) in [5.41, 5.74) is 0.934. The Bertz CT molecular complexity index is 755. The van der Waals surface area contributed by atoms with Crippen LogP contribution < -0.4 is 0 Å². The first-order valence-corrected chi connectivity index (χ1v) is 8.95. The lowest BCUT2D eigenvalue weighted by atomic mass is 9.97. The highest BCUT2D eigenvalue weighted by Crippen LogP contribution is 2.27. The van der Waals surface area contributed by atoms with Crippen LogP contribution in [0.4, 0.5) is 0 Å². The van der Waals surface area contributed by atoms with E-state index in [0.29, 0.717) is 24.6 Å². The van der Waals surface area contributed by atoms with Crippen LogP contribution in [0.1, 0.15) is 30.6 Å². The Morgan fingerprint density at radius 3 is 2.62 bits per heavy atom. The van der Waals surface area contributed by atoms with E-state index in [-0.39, 0.29) is 11.8 Å². The molecule has 1 aromatic heterocycles. The molecule has 0 aliphatic carbocycles. The minimum absolute atomic E-state index is 0.00978. The van der Waals surface area contributed by atoms with Gasteiger partial charge in [-0.1, -0.05) is 30.3 Å². The molecule has 3 rings (SSSR count). The number of hydrogen-bond acceptors (Lipinski definition) is 4. The molecule has 1 aliphatic rings. The Hall–Kier alpha value is -2.21. The van der Waals surface area contributed by atoms with Gasteiger partial charge in [0.25, 0.3) is 5.91 Å². The van der Waals surface area contributed by atoms with Gasteiger partial charge in [-0.15, -0.1) is 11.3 Å². The van der Waals surface area contributed by atoms with Crippen molar-refractivity contribution in [1.82, 2.24) is 14.8 Å². The predicted octanol–water partition coefficient (Wildman–Crippen LogP) is 2.89. The molecule has 2 amide bonds. The molecule has 0 atom stereocenters. The van der Waals surface area contributed by atoms with Crippen molar-refractivity contribution in [3.8, 4) is 11.3 Å². The maximum absolute atomic E-state index is 12.9. The lowest BCUT2D eigenvalue weighted by Crippen LogP contribution is -2.64. The summed E-state index contributed by atoms with van der Waals surface area (Å²) in [6, 6.07) is 9.78. The van der Waals surface area contributed by atoms with Gasteiger partial charge in [-0.05, 0) is 20.8 Å². The van der Waals surface area contributed by atoms with Gasteiger partial charge >= 0.3 is 0 Å². The van der Waals surface area contributed by atoms with E-state index in [1.165, 1.54) is 11.3 Å². The van der Waals surface area contributed by atoms with Crippen LogP contribution in [0.2, 0.25) is 0 Å². The van der Waals surface area contributed by atoms with Crippen LogP contribution in [0.3, 0.4) is 0 Å². The second kappa shape index (κ2) is 6.36. The van der Waals surface area contributed by atoms with Crippen LogP contribution >= 0.6 is 11.3 Å². The Morgan fingerprint density at radius 2 is 1.96 bits per heavy atom. The number of hydrogen-bond donors (Lipinski definition) is 0. The van der Waals surface area contributed by atoms with Gasteiger partial charge in [-0.25, -0.2) is 4.98 Å². The van der Waals surface area contributed by atoms with Crippen molar-refractivity contribution < 1.29 is 9.59 Å². The van der Waals surface area contributed by atoms with E-state index in [1.807, 2.05) is 42.6 Å². The number of amides is 2. The number of aromatic nitrogens is 1. The molecular weight excluding hydrogens is 322 g/mol. The van der Waals surface area contributed by atoms with E-state index < -0.39 is 5.54 Å². The molecule has 0 bridgehead atoms. The summed E-state index contributed by atoms with van der Waals surface area (Å²) >= 11 is 1.33. The molecule has 0 unspecified atom stereocenters. The number of carbonyl (C=O) groups is 2. The van der Waals surface area contributed by atoms with E-state index in [9.17, 15) is 9.59 Å². The van der Waals surface area contributed by atoms with Crippen molar-refractivity contribution in [2.45, 2.75) is 26.3 Å². The van der Waals surface area contributed by atoms with Crippen molar-refractivity contribution in [2.24, 2.45) is 0 Å². The summed E-state index contributed by atoms with van der Waals surface area (Å²) in [6.07, 6.45) is 0. The molecule has 0 spiro atoms. The third-order valence-electron chi connectivity index (χ3n) is 4.46. The molecule has 5 nitrogen and oxygen atoms in total. The maximum Gasteiger partial charge on any atom is 0.283 e. The monoisotopic (exact) mass is 343 g/mol. The Labute approximate surface area is 145 Å². The molecule has 126 valence electrons. The fourth-order valence-electron chi connectivity index (χ4n) is 2.99. The number of nitrogens with zero attached hydrogens (tertiary/aromatic N) is 3. The largest absolute Gasteiger partial charge is 0.339 e. The molecule has 6 heteroatoms. The molecule has 1 aromatic carbocycles. The van der Waals surface area contributed by atoms with Crippen molar-refractivity contribution >= 4 is 23.2 Å². The molecule has 1 aliphatic heterocycles. The van der Waals surface area contributed by atoms with E-state index in [4.69, 9.17) is 0 Å². The first-order valence-electron chi connectivity index (χ1n) is 8.07. The third kappa shape index (κ3) is 2.82. The molecular formula is C18H21N3O2S. The van der Waals surface area contributed by atoms with Gasteiger partial charge in [0, 0.05) is 30.6 Å². The quantitative estimate of drug-likeness (QED) is 0.861. The first-order chi connectivity index (χ1) is 11.4. The highest BCUT2D eigenvalue weighted by atomic mass is 32.1. The summed E-state index contributed by atoms with van der Waals surface area (Å²) in [6.45, 7) is 7.34. The van der Waals surface area contributed by atoms with Gasteiger partial charge in [0.15, 0.2) is 5.01 Å². The topological polar surface area (TPSA) is 53.5 Å². The number of rotatable bonds is 3. The number of piperazine rings is 1. The van der Waals surface area contributed by atoms with Gasteiger partial charge in [0.1, 0.15) is 5.54 Å². The van der Waals surface area contributed by atoms with E-state index in [0.717, 1.165) is 11.3 Å². The highest BCUT2D eigenvalue weighted by molar-refractivity contribution is 7.12. The molecule has 0 radical (unpaired) electrons. The zero-order valence-corrected chi connectivity index (χ0v) is 15.0. The molecule has 24 heavy (non-hydrogen) atoms. The Kier molecular flexibility index (Phi) is 4.41. The van der Waals surface area contributed by atoms with E-state index in [1.54, 1.807) is 23.6 Å². The van der Waals surface area contributed by atoms with Crippen LogP contribution in [-0.4, -0.2) is 51.8 Å². The highest BCUT2D eigenvalue weighted by Gasteiger charge is 2.44. The summed E-state index contributed by atoms with van der Waals surface area (Å²) < 4.78 is 0. The fourth-order valence-corrected chi connectivity index (χ4v) is 3.76. The zero-order valence-electron chi connectivity index (χ0n) is 14.2. The summed E-state index contributed by atoms with van der Waals surface area (Å²) in [7, 11) is 0. The minimum Gasteiger partial charge on any atom is -0.339 e. The first kappa shape index (κ1) is 16.6. The summed E-state index contributed by atoms with van der Waals surface area (Å²) in [4.78, 5) is 33.4. The van der Waals surface area contributed by atoms with Crippen molar-refractivity contribution in [1.29, 1.82) is 0 Å². The number of likely N-dealkylation sites (N-methyl/N-ethyl adjacent to an activating group) is 1. The van der Waals surface area contributed by atoms with Gasteiger partial charge in [-0.3, -0.25) is 9.59 Å². The molecule has 0 saturated carbocycles. The second-order valence-corrected chi connectivity index (χ2v) is 7.16. The van der Waals surface area contributed by atoms with Crippen molar-refractivity contribution in [3.05, 3.63) is 40.7 Å². The molecule has 2 heterocycles. The molecule has 1 saturated heterocycles. The smallest absolute Gasteiger partial charge is 0.283 e. The normalized spacial score (nSPS) is 17.2. The van der Waals surface area contributed by atoms with Crippen LogP contribution in [0.15, 0.2) is 35.7 Å². The molecule has 0 N–H and O–H groups in total. The lowest BCUT2D eigenvalue weighted by Gasteiger charge is -2.45. The average molecular weight is 343 g/mol. The second-order valence-electron chi connectivity index (χ2n) is 6.30. The minimum atomic E-state index is -0.843. The summed E-state index contributed by atoms with van der Waals surface area (Å²) in [5.74, 6) is -0.180. The van der Waals surface area contributed by atoms with Gasteiger partial charge < -0.3 is 9.80 Å². The van der Waals surface area contributed by atoms with Crippen LogP contribution in [0.5, 0.6) is 0 Å². The van der Waals surface area contributed by atoms with E-state index in [2.05, 4.69) is 4.98 Å². The number of thiazole rings is 1. The van der Waals surface area contributed by atoms with E-state index >= 15 is 0 Å². The van der Waals surface area contributed by atoms with Crippen molar-refractivity contribution in [3.63, 3.8) is 0 Å². The number of benzene rings is 1. The molecule has 2 aromatic rings. The summed E-state index contributed by atoms with van der Waals surface area (Å²) in [5, 5.41) is 2.32.